The molecule has 0 amide bonds. The Hall–Kier alpha value is -1.36. The van der Waals surface area contributed by atoms with E-state index in [1.807, 2.05) is 41.3 Å². The fourth-order valence-corrected chi connectivity index (χ4v) is 3.20. The summed E-state index contributed by atoms with van der Waals surface area (Å²) in [6.07, 6.45) is 8.12. The molecular weight excluding hydrogens is 253 g/mol. The first-order valence-electron chi connectivity index (χ1n) is 7.10. The third-order valence-electron chi connectivity index (χ3n) is 4.01. The Labute approximate surface area is 139 Å². The molecule has 3 rings (SSSR count). The first-order chi connectivity index (χ1) is 9.50. The van der Waals surface area contributed by atoms with Crippen LogP contribution in [-0.2, 0) is 0 Å². The van der Waals surface area contributed by atoms with Crippen molar-refractivity contribution in [2.24, 2.45) is 5.92 Å². The fourth-order valence-electron chi connectivity index (χ4n) is 3.20. The molecule has 21 heavy (non-hydrogen) atoms. The predicted octanol–water partition coefficient (Wildman–Crippen LogP) is 0.160. The van der Waals surface area contributed by atoms with Gasteiger partial charge in [-0.3, -0.25) is 0 Å². The molecule has 0 N–H and O–H groups in total. The van der Waals surface area contributed by atoms with Crippen molar-refractivity contribution >= 4 is 0 Å². The second-order valence-corrected chi connectivity index (χ2v) is 6.43. The summed E-state index contributed by atoms with van der Waals surface area (Å²) in [6.45, 7) is 6.31. The number of nitrogens with zero attached hydrogens (tertiary/aromatic N) is 1. The molecule has 2 nitrogen and oxygen atoms in total. The van der Waals surface area contributed by atoms with Gasteiger partial charge in [-0.05, 0) is 37.8 Å². The second-order valence-electron chi connectivity index (χ2n) is 6.43. The minimum Gasteiger partial charge on any atom is -0.860 e. The molecule has 0 saturated heterocycles. The summed E-state index contributed by atoms with van der Waals surface area (Å²) in [5, 5.41) is 12.8. The summed E-state index contributed by atoms with van der Waals surface area (Å²) in [4.78, 5) is 2.03. The Kier molecular flexibility index (Phi) is 4.42. The maximum Gasteiger partial charge on any atom is 1.00 e. The zero-order chi connectivity index (χ0) is 14.3. The monoisotopic (exact) mass is 273 g/mol. The van der Waals surface area contributed by atoms with E-state index in [2.05, 4.69) is 39.0 Å². The van der Waals surface area contributed by atoms with Crippen LogP contribution >= 0.6 is 0 Å². The minimum absolute atomic E-state index is 0. The zero-order valence-corrected chi connectivity index (χ0v) is 13.2. The third-order valence-corrected chi connectivity index (χ3v) is 4.01. The van der Waals surface area contributed by atoms with E-state index < -0.39 is 0 Å². The average molecular weight is 273 g/mol. The Bertz CT molecular complexity index is 595. The smallest absolute Gasteiger partial charge is 0.860 e. The standard InChI is InChI=1S/C18H21NO.Li/c1-18(2,3)19-16(13-9-5-4-6-10-13)14-11-7-8-12-15(14)17(19)20;/h4-12,14,16,20H,1-3H3;/q;+1/p-1/t14-,16+;/m1./s1. The molecular formula is C18H20LiNO. The average Bonchev–Trinajstić information content (AvgIpc) is 2.74. The van der Waals surface area contributed by atoms with Gasteiger partial charge in [0.25, 0.3) is 0 Å². The van der Waals surface area contributed by atoms with Gasteiger partial charge in [-0.15, -0.1) is 0 Å². The quantitative estimate of drug-likeness (QED) is 0.681. The Morgan fingerprint density at radius 1 is 1.05 bits per heavy atom. The molecule has 0 spiro atoms. The fraction of sp³-hybridized carbons (Fsp3) is 0.333. The second kappa shape index (κ2) is 5.79. The van der Waals surface area contributed by atoms with Crippen molar-refractivity contribution in [3.8, 4) is 0 Å². The van der Waals surface area contributed by atoms with Crippen molar-refractivity contribution in [3.63, 3.8) is 0 Å². The van der Waals surface area contributed by atoms with Crippen LogP contribution in [-0.4, -0.2) is 10.4 Å². The SMILES string of the molecule is CC(C)(C)N1C([O-])=C2C=CC=C[C@H]2[C@@H]1c1ccccc1.[Li+]. The minimum atomic E-state index is -0.191. The van der Waals surface area contributed by atoms with Crippen LogP contribution in [0.1, 0.15) is 32.4 Å². The van der Waals surface area contributed by atoms with Crippen molar-refractivity contribution < 1.29 is 24.0 Å². The van der Waals surface area contributed by atoms with Crippen molar-refractivity contribution in [1.82, 2.24) is 4.90 Å². The maximum absolute atomic E-state index is 12.8. The largest absolute Gasteiger partial charge is 1.00 e. The Morgan fingerprint density at radius 2 is 1.71 bits per heavy atom. The normalized spacial score (nSPS) is 24.0. The van der Waals surface area contributed by atoms with Gasteiger partial charge in [-0.1, -0.05) is 54.6 Å². The molecule has 0 radical (unpaired) electrons. The van der Waals surface area contributed by atoms with Gasteiger partial charge in [0.1, 0.15) is 0 Å². The molecule has 1 aromatic rings. The van der Waals surface area contributed by atoms with E-state index in [4.69, 9.17) is 0 Å². The number of rotatable bonds is 1. The summed E-state index contributed by atoms with van der Waals surface area (Å²) in [5.41, 5.74) is 1.93. The summed E-state index contributed by atoms with van der Waals surface area (Å²) in [5.74, 6) is 0.325. The molecule has 104 valence electrons. The van der Waals surface area contributed by atoms with Crippen LogP contribution in [0.5, 0.6) is 0 Å². The molecule has 2 aliphatic rings. The zero-order valence-electron chi connectivity index (χ0n) is 13.2. The summed E-state index contributed by atoms with van der Waals surface area (Å²) >= 11 is 0. The van der Waals surface area contributed by atoms with Crippen molar-refractivity contribution in [2.45, 2.75) is 32.4 Å². The topological polar surface area (TPSA) is 26.3 Å². The molecule has 0 unspecified atom stereocenters. The van der Waals surface area contributed by atoms with E-state index in [-0.39, 0.29) is 42.2 Å². The first-order valence-corrected chi connectivity index (χ1v) is 7.10. The Balaban J connectivity index is 0.00000161. The van der Waals surface area contributed by atoms with Gasteiger partial charge in [0, 0.05) is 11.5 Å². The van der Waals surface area contributed by atoms with Crippen molar-refractivity contribution in [3.05, 3.63) is 71.7 Å². The molecule has 2 atom stereocenters. The molecule has 0 bridgehead atoms. The van der Waals surface area contributed by atoms with Crippen LogP contribution in [0.25, 0.3) is 0 Å². The third kappa shape index (κ3) is 2.71. The van der Waals surface area contributed by atoms with Crippen molar-refractivity contribution in [1.29, 1.82) is 0 Å². The van der Waals surface area contributed by atoms with Crippen LogP contribution in [0.15, 0.2) is 66.1 Å². The van der Waals surface area contributed by atoms with Crippen LogP contribution in [0, 0.1) is 5.92 Å². The van der Waals surface area contributed by atoms with E-state index in [9.17, 15) is 5.11 Å². The van der Waals surface area contributed by atoms with E-state index in [0.29, 0.717) is 0 Å². The van der Waals surface area contributed by atoms with Crippen LogP contribution < -0.4 is 24.0 Å². The predicted molar refractivity (Wildman–Crippen MR) is 79.6 cm³/mol. The summed E-state index contributed by atoms with van der Waals surface area (Å²) < 4.78 is 0. The molecule has 3 heteroatoms. The number of benzene rings is 1. The van der Waals surface area contributed by atoms with Crippen LogP contribution in [0.4, 0.5) is 0 Å². The van der Waals surface area contributed by atoms with Gasteiger partial charge in [0.2, 0.25) is 0 Å². The number of fused-ring (bicyclic) bond motifs is 1. The molecule has 1 aliphatic heterocycles. The van der Waals surface area contributed by atoms with Crippen LogP contribution in [0.2, 0.25) is 0 Å². The molecule has 0 saturated carbocycles. The maximum atomic E-state index is 12.8. The number of hydrogen-bond donors (Lipinski definition) is 0. The van der Waals surface area contributed by atoms with Gasteiger partial charge < -0.3 is 10.0 Å². The van der Waals surface area contributed by atoms with E-state index in [1.165, 1.54) is 5.56 Å². The van der Waals surface area contributed by atoms with Gasteiger partial charge in [0.15, 0.2) is 0 Å². The molecule has 0 aromatic heterocycles. The van der Waals surface area contributed by atoms with Gasteiger partial charge >= 0.3 is 18.9 Å². The first kappa shape index (κ1) is 16.0. The van der Waals surface area contributed by atoms with Gasteiger partial charge in [-0.2, -0.15) is 0 Å². The molecule has 1 aliphatic carbocycles. The van der Waals surface area contributed by atoms with Gasteiger partial charge in [0.05, 0.1) is 6.04 Å². The van der Waals surface area contributed by atoms with E-state index >= 15 is 0 Å². The number of allylic oxidation sites excluding steroid dienone is 3. The molecule has 1 aromatic carbocycles. The van der Waals surface area contributed by atoms with E-state index in [1.54, 1.807) is 0 Å². The van der Waals surface area contributed by atoms with Gasteiger partial charge in [-0.25, -0.2) is 0 Å². The molecule has 0 fully saturated rings. The molecule has 1 heterocycles. The number of hydrogen-bond acceptors (Lipinski definition) is 2. The Morgan fingerprint density at radius 3 is 2.33 bits per heavy atom. The summed E-state index contributed by atoms with van der Waals surface area (Å²) in [7, 11) is 0. The van der Waals surface area contributed by atoms with E-state index in [0.717, 1.165) is 5.57 Å². The van der Waals surface area contributed by atoms with Crippen LogP contribution in [0.3, 0.4) is 0 Å². The summed E-state index contributed by atoms with van der Waals surface area (Å²) in [6, 6.07) is 10.4. The van der Waals surface area contributed by atoms with Crippen molar-refractivity contribution in [2.75, 3.05) is 0 Å².